The van der Waals surface area contributed by atoms with Crippen molar-refractivity contribution in [3.63, 3.8) is 0 Å². The molecule has 10 heteroatoms. The van der Waals surface area contributed by atoms with E-state index in [1.165, 1.54) is 11.3 Å². The summed E-state index contributed by atoms with van der Waals surface area (Å²) in [4.78, 5) is 4.19. The number of benzene rings is 8. The standard InChI is InChI=1S/C45H29F3N2O3S2/c46-45(47,48)55(51,52)53-42-37-28-16-15-27-36(37)41(50(33-22-9-3-10-23-33)34-24-11-4-12-25-34)40-39-35-26-14-13-17-30(35)29-38(43(39)54-44(40)42)49(31-18-5-1-6-19-31)32-20-7-2-8-21-32/h1-29H. The zero-order valence-corrected chi connectivity index (χ0v) is 30.4. The van der Waals surface area contributed by atoms with Gasteiger partial charge in [-0.25, -0.2) is 0 Å². The lowest BCUT2D eigenvalue weighted by Gasteiger charge is -2.29. The van der Waals surface area contributed by atoms with E-state index in [9.17, 15) is 21.6 Å². The van der Waals surface area contributed by atoms with E-state index in [2.05, 4.69) is 15.9 Å². The molecule has 0 amide bonds. The van der Waals surface area contributed by atoms with Gasteiger partial charge in [-0.1, -0.05) is 121 Å². The van der Waals surface area contributed by atoms with Crippen LogP contribution in [0, 0.1) is 0 Å². The van der Waals surface area contributed by atoms with Crippen molar-refractivity contribution in [3.05, 3.63) is 176 Å². The number of hydrogen-bond donors (Lipinski definition) is 0. The maximum atomic E-state index is 14.2. The van der Waals surface area contributed by atoms with Gasteiger partial charge < -0.3 is 14.0 Å². The molecule has 0 aliphatic carbocycles. The topological polar surface area (TPSA) is 49.9 Å². The maximum absolute atomic E-state index is 14.2. The highest BCUT2D eigenvalue weighted by molar-refractivity contribution is 7.88. The number of alkyl halides is 3. The van der Waals surface area contributed by atoms with Crippen molar-refractivity contribution < 1.29 is 25.8 Å². The molecule has 0 aliphatic heterocycles. The summed E-state index contributed by atoms with van der Waals surface area (Å²) in [6.45, 7) is 0. The molecule has 0 bridgehead atoms. The van der Waals surface area contributed by atoms with Crippen LogP contribution in [-0.2, 0) is 10.1 Å². The van der Waals surface area contributed by atoms with Crippen molar-refractivity contribution in [1.29, 1.82) is 0 Å². The third-order valence-corrected chi connectivity index (χ3v) is 11.7. The van der Waals surface area contributed by atoms with Crippen LogP contribution in [-0.4, -0.2) is 13.9 Å². The number of para-hydroxylation sites is 4. The van der Waals surface area contributed by atoms with Crippen LogP contribution in [0.4, 0.5) is 47.3 Å². The van der Waals surface area contributed by atoms with Gasteiger partial charge in [0.15, 0.2) is 5.75 Å². The molecule has 5 nitrogen and oxygen atoms in total. The highest BCUT2D eigenvalue weighted by Crippen LogP contribution is 2.57. The summed E-state index contributed by atoms with van der Waals surface area (Å²) < 4.78 is 74.8. The Labute approximate surface area is 318 Å². The van der Waals surface area contributed by atoms with E-state index in [0.29, 0.717) is 16.5 Å². The number of rotatable bonds is 8. The molecular formula is C45H29F3N2O3S2. The van der Waals surface area contributed by atoms with E-state index < -0.39 is 15.6 Å². The molecular weight excluding hydrogens is 738 g/mol. The maximum Gasteiger partial charge on any atom is 0.534 e. The van der Waals surface area contributed by atoms with E-state index >= 15 is 0 Å². The molecule has 0 spiro atoms. The smallest absolute Gasteiger partial charge is 0.374 e. The molecule has 9 rings (SSSR count). The van der Waals surface area contributed by atoms with Gasteiger partial charge in [-0.3, -0.25) is 0 Å². The number of nitrogens with zero attached hydrogens (tertiary/aromatic N) is 2. The highest BCUT2D eigenvalue weighted by atomic mass is 32.2. The van der Waals surface area contributed by atoms with Crippen LogP contribution in [0.2, 0.25) is 0 Å². The Morgan fingerprint density at radius 2 is 0.927 bits per heavy atom. The Balaban J connectivity index is 1.53. The lowest BCUT2D eigenvalue weighted by molar-refractivity contribution is -0.0499. The van der Waals surface area contributed by atoms with Crippen molar-refractivity contribution in [2.24, 2.45) is 0 Å². The number of anilines is 6. The summed E-state index contributed by atoms with van der Waals surface area (Å²) in [5, 5.41) is 3.75. The fraction of sp³-hybridized carbons (Fsp3) is 0.0222. The molecule has 0 fully saturated rings. The van der Waals surface area contributed by atoms with Crippen LogP contribution in [0.25, 0.3) is 41.7 Å². The molecule has 55 heavy (non-hydrogen) atoms. The molecule has 0 radical (unpaired) electrons. The Morgan fingerprint density at radius 3 is 1.44 bits per heavy atom. The van der Waals surface area contributed by atoms with Crippen molar-refractivity contribution in [2.45, 2.75) is 5.51 Å². The van der Waals surface area contributed by atoms with Gasteiger partial charge in [0.25, 0.3) is 0 Å². The number of thiophene rings is 1. The number of halogens is 3. The largest absolute Gasteiger partial charge is 0.534 e. The summed E-state index contributed by atoms with van der Waals surface area (Å²) in [5.74, 6) is -0.380. The summed E-state index contributed by atoms with van der Waals surface area (Å²) in [5.41, 5.74) is -0.917. The molecule has 1 heterocycles. The Kier molecular flexibility index (Phi) is 8.44. The minimum atomic E-state index is -6.08. The number of hydrogen-bond acceptors (Lipinski definition) is 6. The Hall–Kier alpha value is -6.36. The molecule has 270 valence electrons. The van der Waals surface area contributed by atoms with E-state index in [4.69, 9.17) is 4.18 Å². The second-order valence-corrected chi connectivity index (χ2v) is 15.4. The van der Waals surface area contributed by atoms with Gasteiger partial charge >= 0.3 is 15.6 Å². The molecule has 0 atom stereocenters. The molecule has 9 aromatic rings. The predicted octanol–water partition coefficient (Wildman–Crippen LogP) is 13.5. The minimum Gasteiger partial charge on any atom is -0.374 e. The second kappa shape index (κ2) is 13.5. The summed E-state index contributed by atoms with van der Waals surface area (Å²) in [7, 11) is -6.08. The molecule has 0 N–H and O–H groups in total. The van der Waals surface area contributed by atoms with Gasteiger partial charge in [-0.05, 0) is 65.4 Å². The van der Waals surface area contributed by atoms with Crippen molar-refractivity contribution in [1.82, 2.24) is 0 Å². The quantitative estimate of drug-likeness (QED) is 0.114. The SMILES string of the molecule is O=S(=O)(Oc1c2ccccc2c(N(c2ccccc2)c2ccccc2)c2c1sc1c(N(c3ccccc3)c3ccccc3)cc3ccccc3c12)C(F)(F)F. The van der Waals surface area contributed by atoms with Gasteiger partial charge in [-0.2, -0.15) is 21.6 Å². The molecule has 8 aromatic carbocycles. The molecule has 0 saturated carbocycles. The first-order chi connectivity index (χ1) is 26.7. The first kappa shape index (κ1) is 34.4. The molecule has 0 saturated heterocycles. The van der Waals surface area contributed by atoms with Crippen molar-refractivity contribution in [2.75, 3.05) is 9.80 Å². The van der Waals surface area contributed by atoms with Gasteiger partial charge in [0.1, 0.15) is 0 Å². The summed E-state index contributed by atoms with van der Waals surface area (Å²) in [6.07, 6.45) is 0. The average molecular weight is 767 g/mol. The average Bonchev–Trinajstić information content (AvgIpc) is 3.61. The zero-order valence-electron chi connectivity index (χ0n) is 28.8. The normalized spacial score (nSPS) is 12.1. The van der Waals surface area contributed by atoms with E-state index in [1.807, 2.05) is 146 Å². The first-order valence-corrected chi connectivity index (χ1v) is 19.6. The highest BCUT2D eigenvalue weighted by Gasteiger charge is 2.49. The van der Waals surface area contributed by atoms with Crippen LogP contribution in [0.5, 0.6) is 5.75 Å². The third-order valence-electron chi connectivity index (χ3n) is 9.53. The predicted molar refractivity (Wildman–Crippen MR) is 219 cm³/mol. The third kappa shape index (κ3) is 5.90. The fourth-order valence-electron chi connectivity index (χ4n) is 7.24. The van der Waals surface area contributed by atoms with Crippen molar-refractivity contribution in [3.8, 4) is 5.75 Å². The lowest BCUT2D eigenvalue weighted by atomic mass is 9.96. The van der Waals surface area contributed by atoms with Crippen molar-refractivity contribution >= 4 is 97.3 Å². The molecule has 1 aromatic heterocycles. The van der Waals surface area contributed by atoms with Crippen LogP contribution in [0.3, 0.4) is 0 Å². The van der Waals surface area contributed by atoms with Crippen LogP contribution >= 0.6 is 11.3 Å². The van der Waals surface area contributed by atoms with Crippen LogP contribution in [0.15, 0.2) is 176 Å². The van der Waals surface area contributed by atoms with E-state index in [0.717, 1.165) is 49.3 Å². The zero-order chi connectivity index (χ0) is 37.7. The Morgan fingerprint density at radius 1 is 0.491 bits per heavy atom. The van der Waals surface area contributed by atoms with E-state index in [1.54, 1.807) is 24.3 Å². The first-order valence-electron chi connectivity index (χ1n) is 17.3. The minimum absolute atomic E-state index is 0.218. The number of fused-ring (bicyclic) bond motifs is 6. The lowest BCUT2D eigenvalue weighted by Crippen LogP contribution is -2.28. The molecule has 0 unspecified atom stereocenters. The van der Waals surface area contributed by atoms with E-state index in [-0.39, 0.29) is 15.8 Å². The van der Waals surface area contributed by atoms with Gasteiger partial charge in [0.05, 0.1) is 20.8 Å². The van der Waals surface area contributed by atoms with Crippen LogP contribution in [0.1, 0.15) is 0 Å². The van der Waals surface area contributed by atoms with Gasteiger partial charge in [0, 0.05) is 44.3 Å². The fourth-order valence-corrected chi connectivity index (χ4v) is 9.10. The van der Waals surface area contributed by atoms with Crippen LogP contribution < -0.4 is 14.0 Å². The summed E-state index contributed by atoms with van der Waals surface area (Å²) >= 11 is 1.21. The van der Waals surface area contributed by atoms with Gasteiger partial charge in [-0.15, -0.1) is 11.3 Å². The van der Waals surface area contributed by atoms with Gasteiger partial charge in [0.2, 0.25) is 0 Å². The second-order valence-electron chi connectivity index (χ2n) is 12.8. The molecule has 0 aliphatic rings. The Bertz CT molecular complexity index is 2880. The summed E-state index contributed by atoms with van der Waals surface area (Å²) in [6, 6.07) is 55.9. The monoisotopic (exact) mass is 766 g/mol.